The summed E-state index contributed by atoms with van der Waals surface area (Å²) in [5.74, 6) is 0. The van der Waals surface area contributed by atoms with Crippen molar-refractivity contribution in [3.63, 3.8) is 0 Å². The maximum atomic E-state index is 6.10. The molecule has 16 heavy (non-hydrogen) atoms. The molecule has 2 N–H and O–H groups in total. The van der Waals surface area contributed by atoms with Crippen molar-refractivity contribution in [1.29, 1.82) is 0 Å². The molecule has 2 aromatic rings. The van der Waals surface area contributed by atoms with Gasteiger partial charge in [-0.2, -0.15) is 5.10 Å². The lowest BCUT2D eigenvalue weighted by atomic mass is 10.0. The van der Waals surface area contributed by atoms with Gasteiger partial charge in [0.1, 0.15) is 0 Å². The highest BCUT2D eigenvalue weighted by Gasteiger charge is 2.10. The molecule has 0 radical (unpaired) electrons. The van der Waals surface area contributed by atoms with Gasteiger partial charge in [0.15, 0.2) is 0 Å². The molecule has 3 nitrogen and oxygen atoms in total. The van der Waals surface area contributed by atoms with Gasteiger partial charge in [0.05, 0.1) is 11.9 Å². The molecule has 3 heteroatoms. The molecule has 0 fully saturated rings. The normalized spacial score (nSPS) is 12.7. The highest BCUT2D eigenvalue weighted by atomic mass is 15.3. The minimum absolute atomic E-state index is 0.0701. The van der Waals surface area contributed by atoms with E-state index in [-0.39, 0.29) is 6.04 Å². The van der Waals surface area contributed by atoms with Crippen molar-refractivity contribution in [1.82, 2.24) is 9.78 Å². The largest absolute Gasteiger partial charge is 0.324 e. The molecule has 0 amide bonds. The molecule has 1 aromatic carbocycles. The predicted molar refractivity (Wildman–Crippen MR) is 65.5 cm³/mol. The molecule has 0 aliphatic rings. The van der Waals surface area contributed by atoms with Crippen LogP contribution >= 0.6 is 0 Å². The third kappa shape index (κ3) is 1.99. The monoisotopic (exact) mass is 215 g/mol. The van der Waals surface area contributed by atoms with Gasteiger partial charge >= 0.3 is 0 Å². The number of nitrogens with two attached hydrogens (primary N) is 1. The van der Waals surface area contributed by atoms with Crippen LogP contribution in [0.15, 0.2) is 36.7 Å². The van der Waals surface area contributed by atoms with E-state index in [1.807, 2.05) is 36.1 Å². The summed E-state index contributed by atoms with van der Waals surface area (Å²) in [6.45, 7) is 4.13. The van der Waals surface area contributed by atoms with E-state index >= 15 is 0 Å². The summed E-state index contributed by atoms with van der Waals surface area (Å²) >= 11 is 0. The van der Waals surface area contributed by atoms with Crippen molar-refractivity contribution >= 4 is 0 Å². The second-order valence-corrected chi connectivity index (χ2v) is 4.04. The smallest absolute Gasteiger partial charge is 0.0693 e. The average molecular weight is 215 g/mol. The summed E-state index contributed by atoms with van der Waals surface area (Å²) in [6.07, 6.45) is 4.80. The lowest BCUT2D eigenvalue weighted by Gasteiger charge is -2.14. The van der Waals surface area contributed by atoms with Crippen LogP contribution in [0, 0.1) is 6.92 Å². The molecule has 1 aromatic heterocycles. The first kappa shape index (κ1) is 10.9. The first-order chi connectivity index (χ1) is 7.72. The SMILES string of the molecule is CC[C@@H](N)c1ccccc1-n1cc(C)cn1. The van der Waals surface area contributed by atoms with E-state index in [2.05, 4.69) is 24.2 Å². The molecular weight excluding hydrogens is 198 g/mol. The van der Waals surface area contributed by atoms with Gasteiger partial charge in [-0.25, -0.2) is 4.68 Å². The maximum Gasteiger partial charge on any atom is 0.0693 e. The summed E-state index contributed by atoms with van der Waals surface area (Å²) < 4.78 is 1.89. The molecule has 0 saturated heterocycles. The van der Waals surface area contributed by atoms with E-state index in [9.17, 15) is 0 Å². The summed E-state index contributed by atoms with van der Waals surface area (Å²) in [6, 6.07) is 8.22. The van der Waals surface area contributed by atoms with E-state index in [1.54, 1.807) is 0 Å². The summed E-state index contributed by atoms with van der Waals surface area (Å²) in [7, 11) is 0. The number of aryl methyl sites for hydroxylation is 1. The summed E-state index contributed by atoms with van der Waals surface area (Å²) in [5.41, 5.74) is 9.47. The average Bonchev–Trinajstić information content (AvgIpc) is 2.75. The number of hydrogen-bond acceptors (Lipinski definition) is 2. The van der Waals surface area contributed by atoms with Crippen LogP contribution in [-0.2, 0) is 0 Å². The van der Waals surface area contributed by atoms with E-state index in [1.165, 1.54) is 0 Å². The van der Waals surface area contributed by atoms with Gasteiger partial charge in [-0.15, -0.1) is 0 Å². The minimum Gasteiger partial charge on any atom is -0.324 e. The van der Waals surface area contributed by atoms with Gasteiger partial charge in [-0.05, 0) is 30.5 Å². The topological polar surface area (TPSA) is 43.8 Å². The number of para-hydroxylation sites is 1. The highest BCUT2D eigenvalue weighted by molar-refractivity contribution is 5.42. The summed E-state index contributed by atoms with van der Waals surface area (Å²) in [4.78, 5) is 0. The molecule has 0 unspecified atom stereocenters. The molecule has 84 valence electrons. The molecule has 0 aliphatic carbocycles. The van der Waals surface area contributed by atoms with Crippen molar-refractivity contribution in [2.75, 3.05) is 0 Å². The quantitative estimate of drug-likeness (QED) is 0.855. The molecule has 0 saturated carbocycles. The van der Waals surface area contributed by atoms with Crippen molar-refractivity contribution in [2.24, 2.45) is 5.73 Å². The van der Waals surface area contributed by atoms with Crippen molar-refractivity contribution in [3.8, 4) is 5.69 Å². The fourth-order valence-electron chi connectivity index (χ4n) is 1.77. The minimum atomic E-state index is 0.0701. The third-order valence-electron chi connectivity index (χ3n) is 2.73. The Morgan fingerprint density at radius 1 is 1.38 bits per heavy atom. The Hall–Kier alpha value is -1.61. The van der Waals surface area contributed by atoms with Gasteiger partial charge in [0.25, 0.3) is 0 Å². The second-order valence-electron chi connectivity index (χ2n) is 4.04. The molecule has 2 rings (SSSR count). The van der Waals surface area contributed by atoms with Crippen LogP contribution in [-0.4, -0.2) is 9.78 Å². The number of hydrogen-bond donors (Lipinski definition) is 1. The van der Waals surface area contributed by atoms with Crippen LogP contribution in [0.2, 0.25) is 0 Å². The number of nitrogens with zero attached hydrogens (tertiary/aromatic N) is 2. The zero-order valence-electron chi connectivity index (χ0n) is 9.72. The van der Waals surface area contributed by atoms with Gasteiger partial charge in [-0.3, -0.25) is 0 Å². The van der Waals surface area contributed by atoms with Crippen LogP contribution in [0.4, 0.5) is 0 Å². The Morgan fingerprint density at radius 3 is 2.75 bits per heavy atom. The van der Waals surface area contributed by atoms with Crippen molar-refractivity contribution in [3.05, 3.63) is 47.8 Å². The van der Waals surface area contributed by atoms with E-state index in [4.69, 9.17) is 5.73 Å². The van der Waals surface area contributed by atoms with E-state index in [0.717, 1.165) is 23.2 Å². The Kier molecular flexibility index (Phi) is 3.06. The van der Waals surface area contributed by atoms with Gasteiger partial charge < -0.3 is 5.73 Å². The lowest BCUT2D eigenvalue weighted by molar-refractivity contribution is 0.686. The predicted octanol–water partition coefficient (Wildman–Crippen LogP) is 2.59. The molecule has 0 bridgehead atoms. The maximum absolute atomic E-state index is 6.10. The Labute approximate surface area is 95.9 Å². The Morgan fingerprint density at radius 2 is 2.12 bits per heavy atom. The number of aromatic nitrogens is 2. The van der Waals surface area contributed by atoms with E-state index in [0.29, 0.717) is 0 Å². The lowest BCUT2D eigenvalue weighted by Crippen LogP contribution is -2.12. The molecule has 1 atom stereocenters. The van der Waals surface area contributed by atoms with Crippen LogP contribution in [0.25, 0.3) is 5.69 Å². The Bertz CT molecular complexity index is 474. The number of rotatable bonds is 3. The van der Waals surface area contributed by atoms with Crippen molar-refractivity contribution < 1.29 is 0 Å². The standard InChI is InChI=1S/C13H17N3/c1-3-12(14)11-6-4-5-7-13(11)16-9-10(2)8-15-16/h4-9,12H,3,14H2,1-2H3/t12-/m1/s1. The first-order valence-electron chi connectivity index (χ1n) is 5.58. The molecule has 0 spiro atoms. The van der Waals surface area contributed by atoms with Gasteiger partial charge in [0, 0.05) is 12.2 Å². The number of benzene rings is 1. The van der Waals surface area contributed by atoms with Crippen LogP contribution in [0.1, 0.15) is 30.5 Å². The van der Waals surface area contributed by atoms with Crippen LogP contribution in [0.5, 0.6) is 0 Å². The zero-order chi connectivity index (χ0) is 11.5. The van der Waals surface area contributed by atoms with Gasteiger partial charge in [0.2, 0.25) is 0 Å². The first-order valence-corrected chi connectivity index (χ1v) is 5.58. The van der Waals surface area contributed by atoms with E-state index < -0.39 is 0 Å². The Balaban J connectivity index is 2.48. The highest BCUT2D eigenvalue weighted by Crippen LogP contribution is 2.21. The fourth-order valence-corrected chi connectivity index (χ4v) is 1.77. The van der Waals surface area contributed by atoms with Crippen LogP contribution in [0.3, 0.4) is 0 Å². The third-order valence-corrected chi connectivity index (χ3v) is 2.73. The summed E-state index contributed by atoms with van der Waals surface area (Å²) in [5, 5.41) is 4.32. The molecular formula is C13H17N3. The molecule has 0 aliphatic heterocycles. The van der Waals surface area contributed by atoms with Crippen molar-refractivity contribution in [2.45, 2.75) is 26.3 Å². The van der Waals surface area contributed by atoms with Crippen LogP contribution < -0.4 is 5.73 Å². The molecule has 1 heterocycles. The zero-order valence-corrected chi connectivity index (χ0v) is 9.72. The second kappa shape index (κ2) is 4.49. The van der Waals surface area contributed by atoms with Gasteiger partial charge in [-0.1, -0.05) is 25.1 Å². The fraction of sp³-hybridized carbons (Fsp3) is 0.308.